The molecule has 1 aliphatic heterocycles. The Hall–Kier alpha value is -2.08. The third kappa shape index (κ3) is 5.25. The standard InChI is InChI=1S/C17H23NO5/c1-12(2)11-23-14-5-3-13(4-6-14)9-16(19)18-7-8-22-15(10-18)17(20)21/h3-6,12,15H,7-11H2,1-2H3,(H,20,21)/t15-/m1/s1. The van der Waals surface area contributed by atoms with Crippen LogP contribution in [0.1, 0.15) is 19.4 Å². The summed E-state index contributed by atoms with van der Waals surface area (Å²) in [6.45, 7) is 5.61. The number of rotatable bonds is 6. The second kappa shape index (κ2) is 7.97. The summed E-state index contributed by atoms with van der Waals surface area (Å²) in [5.41, 5.74) is 0.880. The normalized spacial score (nSPS) is 18.0. The molecule has 126 valence electrons. The van der Waals surface area contributed by atoms with Crippen molar-refractivity contribution < 1.29 is 24.2 Å². The summed E-state index contributed by atoms with van der Waals surface area (Å²) in [6.07, 6.45) is -0.684. The molecule has 0 unspecified atom stereocenters. The van der Waals surface area contributed by atoms with E-state index in [1.165, 1.54) is 0 Å². The van der Waals surface area contributed by atoms with E-state index in [9.17, 15) is 9.59 Å². The third-order valence-electron chi connectivity index (χ3n) is 3.56. The van der Waals surface area contributed by atoms with Gasteiger partial charge >= 0.3 is 5.97 Å². The van der Waals surface area contributed by atoms with Gasteiger partial charge in [-0.25, -0.2) is 4.79 Å². The molecule has 2 rings (SSSR count). The summed E-state index contributed by atoms with van der Waals surface area (Å²) in [7, 11) is 0. The first kappa shape index (κ1) is 17.3. The van der Waals surface area contributed by atoms with E-state index >= 15 is 0 Å². The number of carboxylic acids is 1. The molecule has 0 aromatic heterocycles. The van der Waals surface area contributed by atoms with Gasteiger partial charge < -0.3 is 19.5 Å². The Morgan fingerprint density at radius 2 is 2.04 bits per heavy atom. The molecule has 23 heavy (non-hydrogen) atoms. The highest BCUT2D eigenvalue weighted by atomic mass is 16.5. The second-order valence-electron chi connectivity index (χ2n) is 6.06. The first-order valence-electron chi connectivity index (χ1n) is 7.79. The summed E-state index contributed by atoms with van der Waals surface area (Å²) < 4.78 is 10.7. The Bertz CT molecular complexity index is 540. The monoisotopic (exact) mass is 321 g/mol. The van der Waals surface area contributed by atoms with Gasteiger partial charge in [0.05, 0.1) is 26.2 Å². The van der Waals surface area contributed by atoms with Gasteiger partial charge in [0.1, 0.15) is 5.75 Å². The number of carbonyl (C=O) groups excluding carboxylic acids is 1. The van der Waals surface area contributed by atoms with E-state index in [0.717, 1.165) is 11.3 Å². The summed E-state index contributed by atoms with van der Waals surface area (Å²) in [5.74, 6) is 0.122. The van der Waals surface area contributed by atoms with Crippen molar-refractivity contribution in [2.75, 3.05) is 26.3 Å². The van der Waals surface area contributed by atoms with Crippen molar-refractivity contribution >= 4 is 11.9 Å². The molecule has 0 aliphatic carbocycles. The maximum absolute atomic E-state index is 12.3. The maximum Gasteiger partial charge on any atom is 0.334 e. The van der Waals surface area contributed by atoms with E-state index in [-0.39, 0.29) is 25.5 Å². The predicted molar refractivity (Wildman–Crippen MR) is 84.4 cm³/mol. The molecule has 6 nitrogen and oxygen atoms in total. The van der Waals surface area contributed by atoms with Gasteiger partial charge in [0.15, 0.2) is 6.10 Å². The number of ether oxygens (including phenoxy) is 2. The molecule has 0 spiro atoms. The molecule has 6 heteroatoms. The van der Waals surface area contributed by atoms with Crippen molar-refractivity contribution in [1.29, 1.82) is 0 Å². The number of amides is 1. The average molecular weight is 321 g/mol. The van der Waals surface area contributed by atoms with Crippen LogP contribution in [0.4, 0.5) is 0 Å². The van der Waals surface area contributed by atoms with Crippen molar-refractivity contribution in [3.63, 3.8) is 0 Å². The van der Waals surface area contributed by atoms with Crippen LogP contribution in [0.5, 0.6) is 5.75 Å². The van der Waals surface area contributed by atoms with Crippen LogP contribution in [0.2, 0.25) is 0 Å². The number of hydrogen-bond donors (Lipinski definition) is 1. The first-order chi connectivity index (χ1) is 11.0. The highest BCUT2D eigenvalue weighted by Gasteiger charge is 2.28. The molecule has 1 atom stereocenters. The van der Waals surface area contributed by atoms with Gasteiger partial charge in [-0.15, -0.1) is 0 Å². The molecule has 0 bridgehead atoms. The van der Waals surface area contributed by atoms with Crippen molar-refractivity contribution in [3.05, 3.63) is 29.8 Å². The molecule has 1 aromatic carbocycles. The molecular formula is C17H23NO5. The molecule has 0 radical (unpaired) electrons. The molecule has 1 saturated heterocycles. The zero-order valence-corrected chi connectivity index (χ0v) is 13.5. The minimum atomic E-state index is -1.03. The molecule has 0 saturated carbocycles. The molecule has 1 fully saturated rings. The number of carboxylic acid groups (broad SMARTS) is 1. The first-order valence-corrected chi connectivity index (χ1v) is 7.79. The largest absolute Gasteiger partial charge is 0.493 e. The van der Waals surface area contributed by atoms with Gasteiger partial charge in [0.25, 0.3) is 0 Å². The van der Waals surface area contributed by atoms with Crippen LogP contribution in [0.3, 0.4) is 0 Å². The highest BCUT2D eigenvalue weighted by molar-refractivity contribution is 5.80. The minimum absolute atomic E-state index is 0.0876. The number of aliphatic carboxylic acids is 1. The van der Waals surface area contributed by atoms with Crippen LogP contribution in [0, 0.1) is 5.92 Å². The summed E-state index contributed by atoms with van der Waals surface area (Å²) >= 11 is 0. The van der Waals surface area contributed by atoms with Gasteiger partial charge in [-0.1, -0.05) is 26.0 Å². The van der Waals surface area contributed by atoms with E-state index in [0.29, 0.717) is 19.1 Å². The number of carbonyl (C=O) groups is 2. The highest BCUT2D eigenvalue weighted by Crippen LogP contribution is 2.15. The van der Waals surface area contributed by atoms with Crippen molar-refractivity contribution in [2.45, 2.75) is 26.4 Å². The van der Waals surface area contributed by atoms with E-state index in [2.05, 4.69) is 13.8 Å². The van der Waals surface area contributed by atoms with Crippen LogP contribution >= 0.6 is 0 Å². The molecule has 1 amide bonds. The fraction of sp³-hybridized carbons (Fsp3) is 0.529. The van der Waals surface area contributed by atoms with Crippen LogP contribution in [-0.2, 0) is 20.7 Å². The van der Waals surface area contributed by atoms with Crippen molar-refractivity contribution in [2.24, 2.45) is 5.92 Å². The molecule has 1 aromatic rings. The SMILES string of the molecule is CC(C)COc1ccc(CC(=O)N2CCO[C@@H](C(=O)O)C2)cc1. The van der Waals surface area contributed by atoms with Gasteiger partial charge in [-0.05, 0) is 23.6 Å². The number of hydrogen-bond acceptors (Lipinski definition) is 4. The Morgan fingerprint density at radius 1 is 1.35 bits per heavy atom. The van der Waals surface area contributed by atoms with Crippen molar-refractivity contribution in [3.8, 4) is 5.75 Å². The van der Waals surface area contributed by atoms with E-state index in [4.69, 9.17) is 14.6 Å². The fourth-order valence-corrected chi connectivity index (χ4v) is 2.28. The summed E-state index contributed by atoms with van der Waals surface area (Å²) in [4.78, 5) is 24.8. The Labute approximate surface area is 136 Å². The Kier molecular flexibility index (Phi) is 5.98. The second-order valence-corrected chi connectivity index (χ2v) is 6.06. The van der Waals surface area contributed by atoms with Crippen LogP contribution < -0.4 is 4.74 Å². The predicted octanol–water partition coefficient (Wildman–Crippen LogP) is 1.58. The molecule has 1 heterocycles. The number of nitrogens with zero attached hydrogens (tertiary/aromatic N) is 1. The fourth-order valence-electron chi connectivity index (χ4n) is 2.28. The molecule has 1 aliphatic rings. The van der Waals surface area contributed by atoms with Crippen LogP contribution in [-0.4, -0.2) is 54.3 Å². The Morgan fingerprint density at radius 3 is 2.65 bits per heavy atom. The topological polar surface area (TPSA) is 76.1 Å². The lowest BCUT2D eigenvalue weighted by Gasteiger charge is -2.31. The van der Waals surface area contributed by atoms with Crippen LogP contribution in [0.15, 0.2) is 24.3 Å². The average Bonchev–Trinajstić information content (AvgIpc) is 2.54. The van der Waals surface area contributed by atoms with E-state index < -0.39 is 12.1 Å². The lowest BCUT2D eigenvalue weighted by molar-refractivity contribution is -0.159. The number of morpholine rings is 1. The zero-order chi connectivity index (χ0) is 16.8. The molecular weight excluding hydrogens is 298 g/mol. The van der Waals surface area contributed by atoms with Crippen LogP contribution in [0.25, 0.3) is 0 Å². The van der Waals surface area contributed by atoms with Gasteiger partial charge in [-0.3, -0.25) is 4.79 Å². The maximum atomic E-state index is 12.3. The minimum Gasteiger partial charge on any atom is -0.493 e. The Balaban J connectivity index is 1.88. The lowest BCUT2D eigenvalue weighted by atomic mass is 10.1. The summed E-state index contributed by atoms with van der Waals surface area (Å²) in [6, 6.07) is 7.43. The third-order valence-corrected chi connectivity index (χ3v) is 3.56. The smallest absolute Gasteiger partial charge is 0.334 e. The summed E-state index contributed by atoms with van der Waals surface area (Å²) in [5, 5.41) is 8.97. The van der Waals surface area contributed by atoms with Gasteiger partial charge in [0, 0.05) is 6.54 Å². The van der Waals surface area contributed by atoms with Crippen molar-refractivity contribution in [1.82, 2.24) is 4.90 Å². The van der Waals surface area contributed by atoms with E-state index in [1.807, 2.05) is 24.3 Å². The molecule has 1 N–H and O–H groups in total. The zero-order valence-electron chi connectivity index (χ0n) is 13.5. The van der Waals surface area contributed by atoms with E-state index in [1.54, 1.807) is 4.90 Å². The van der Waals surface area contributed by atoms with Gasteiger partial charge in [0.2, 0.25) is 5.91 Å². The quantitative estimate of drug-likeness (QED) is 0.861. The number of benzene rings is 1. The van der Waals surface area contributed by atoms with Gasteiger partial charge in [-0.2, -0.15) is 0 Å². The lowest BCUT2D eigenvalue weighted by Crippen LogP contribution is -2.49.